The lowest BCUT2D eigenvalue weighted by Gasteiger charge is -2.30. The van der Waals surface area contributed by atoms with Crippen LogP contribution in [0.5, 0.6) is 0 Å². The van der Waals surface area contributed by atoms with Crippen LogP contribution in [0.25, 0.3) is 0 Å². The topological polar surface area (TPSA) is 0 Å². The van der Waals surface area contributed by atoms with Gasteiger partial charge in [-0.1, -0.05) is 32.4 Å². The molecule has 0 spiro atoms. The lowest BCUT2D eigenvalue weighted by Crippen LogP contribution is -2.16. The maximum atomic E-state index is 2.41. The Labute approximate surface area is 70.7 Å². The summed E-state index contributed by atoms with van der Waals surface area (Å²) in [5.74, 6) is 0. The summed E-state index contributed by atoms with van der Waals surface area (Å²) >= 11 is 0. The third kappa shape index (κ3) is 2.69. The lowest BCUT2D eigenvalue weighted by atomic mass is 9.75. The molecule has 0 radical (unpaired) electrons. The first-order valence-corrected chi connectivity index (χ1v) is 4.82. The summed E-state index contributed by atoms with van der Waals surface area (Å²) in [5, 5.41) is 0. The van der Waals surface area contributed by atoms with Crippen molar-refractivity contribution >= 4 is 0 Å². The largest absolute Gasteiger partial charge is 0.0856 e. The minimum absolute atomic E-state index is 0.616. The minimum Gasteiger partial charge on any atom is -0.0856 e. The van der Waals surface area contributed by atoms with E-state index in [4.69, 9.17) is 0 Å². The van der Waals surface area contributed by atoms with Crippen LogP contribution in [-0.4, -0.2) is 0 Å². The Morgan fingerprint density at radius 3 is 2.27 bits per heavy atom. The van der Waals surface area contributed by atoms with Gasteiger partial charge in [0.05, 0.1) is 0 Å². The van der Waals surface area contributed by atoms with Crippen molar-refractivity contribution in [2.45, 2.75) is 52.9 Å². The number of rotatable bonds is 1. The normalized spacial score (nSPS) is 23.4. The van der Waals surface area contributed by atoms with Crippen molar-refractivity contribution < 1.29 is 0 Å². The third-order valence-electron chi connectivity index (χ3n) is 2.74. The van der Waals surface area contributed by atoms with Crippen LogP contribution in [0.15, 0.2) is 11.6 Å². The van der Waals surface area contributed by atoms with E-state index in [-0.39, 0.29) is 0 Å². The summed E-state index contributed by atoms with van der Waals surface area (Å²) in [4.78, 5) is 0. The fourth-order valence-corrected chi connectivity index (χ4v) is 1.74. The standard InChI is InChI=1S/C11H20/c1-4-5-10-6-8-11(2,3)9-7-10/h5H,4,6-9H2,1-3H3. The fourth-order valence-electron chi connectivity index (χ4n) is 1.74. The Hall–Kier alpha value is -0.260. The number of hydrogen-bond acceptors (Lipinski definition) is 0. The molecule has 0 heteroatoms. The highest BCUT2D eigenvalue weighted by molar-refractivity contribution is 5.06. The van der Waals surface area contributed by atoms with E-state index in [9.17, 15) is 0 Å². The zero-order valence-electron chi connectivity index (χ0n) is 8.11. The Kier molecular flexibility index (Phi) is 2.75. The van der Waals surface area contributed by atoms with Crippen molar-refractivity contribution in [2.75, 3.05) is 0 Å². The van der Waals surface area contributed by atoms with E-state index in [0.717, 1.165) is 0 Å². The van der Waals surface area contributed by atoms with Crippen molar-refractivity contribution in [3.8, 4) is 0 Å². The zero-order valence-corrected chi connectivity index (χ0v) is 8.11. The van der Waals surface area contributed by atoms with Gasteiger partial charge in [-0.05, 0) is 37.5 Å². The lowest BCUT2D eigenvalue weighted by molar-refractivity contribution is 0.278. The first-order valence-electron chi connectivity index (χ1n) is 4.82. The maximum Gasteiger partial charge on any atom is -0.0315 e. The molecule has 0 bridgehead atoms. The van der Waals surface area contributed by atoms with E-state index >= 15 is 0 Å². The predicted molar refractivity (Wildman–Crippen MR) is 50.6 cm³/mol. The van der Waals surface area contributed by atoms with Crippen molar-refractivity contribution in [3.05, 3.63) is 11.6 Å². The second-order valence-electron chi connectivity index (χ2n) is 4.43. The molecule has 64 valence electrons. The van der Waals surface area contributed by atoms with E-state index in [1.165, 1.54) is 32.1 Å². The van der Waals surface area contributed by atoms with Gasteiger partial charge in [-0.3, -0.25) is 0 Å². The maximum absolute atomic E-state index is 2.41. The molecule has 1 saturated carbocycles. The van der Waals surface area contributed by atoms with Crippen LogP contribution in [0.4, 0.5) is 0 Å². The molecule has 1 aliphatic carbocycles. The van der Waals surface area contributed by atoms with E-state index < -0.39 is 0 Å². The van der Waals surface area contributed by atoms with Crippen molar-refractivity contribution in [2.24, 2.45) is 5.41 Å². The smallest absolute Gasteiger partial charge is 0.0315 e. The molecule has 0 N–H and O–H groups in total. The molecule has 0 heterocycles. The summed E-state index contributed by atoms with van der Waals surface area (Å²) in [5.41, 5.74) is 2.32. The van der Waals surface area contributed by atoms with Gasteiger partial charge in [0, 0.05) is 0 Å². The van der Waals surface area contributed by atoms with Gasteiger partial charge >= 0.3 is 0 Å². The van der Waals surface area contributed by atoms with E-state index in [1.54, 1.807) is 5.57 Å². The fraction of sp³-hybridized carbons (Fsp3) is 0.818. The van der Waals surface area contributed by atoms with Crippen LogP contribution in [-0.2, 0) is 0 Å². The van der Waals surface area contributed by atoms with Crippen LogP contribution in [0.2, 0.25) is 0 Å². The van der Waals surface area contributed by atoms with Gasteiger partial charge in [-0.2, -0.15) is 0 Å². The molecule has 0 aromatic heterocycles. The molecule has 0 aromatic rings. The SMILES string of the molecule is CCC=C1CCC(C)(C)CC1. The molecule has 0 aliphatic heterocycles. The average Bonchev–Trinajstić information content (AvgIpc) is 1.94. The Bertz CT molecular complexity index is 139. The van der Waals surface area contributed by atoms with Crippen molar-refractivity contribution in [3.63, 3.8) is 0 Å². The Balaban J connectivity index is 2.42. The summed E-state index contributed by atoms with van der Waals surface area (Å²) in [7, 11) is 0. The zero-order chi connectivity index (χ0) is 8.32. The second kappa shape index (κ2) is 3.42. The molecule has 11 heavy (non-hydrogen) atoms. The van der Waals surface area contributed by atoms with E-state index in [2.05, 4.69) is 26.8 Å². The third-order valence-corrected chi connectivity index (χ3v) is 2.74. The molecule has 1 aliphatic rings. The highest BCUT2D eigenvalue weighted by Gasteiger charge is 2.22. The van der Waals surface area contributed by atoms with Gasteiger partial charge in [-0.15, -0.1) is 0 Å². The summed E-state index contributed by atoms with van der Waals surface area (Å²) < 4.78 is 0. The van der Waals surface area contributed by atoms with Gasteiger partial charge in [0.2, 0.25) is 0 Å². The first kappa shape index (κ1) is 8.83. The molecule has 0 saturated heterocycles. The van der Waals surface area contributed by atoms with Crippen LogP contribution in [0.1, 0.15) is 52.9 Å². The number of allylic oxidation sites excluding steroid dienone is 2. The molecular weight excluding hydrogens is 132 g/mol. The Morgan fingerprint density at radius 1 is 1.27 bits per heavy atom. The highest BCUT2D eigenvalue weighted by Crippen LogP contribution is 2.37. The average molecular weight is 152 g/mol. The summed E-state index contributed by atoms with van der Waals surface area (Å²) in [6.45, 7) is 7.00. The van der Waals surface area contributed by atoms with Gasteiger partial charge in [0.25, 0.3) is 0 Å². The van der Waals surface area contributed by atoms with Gasteiger partial charge in [-0.25, -0.2) is 0 Å². The van der Waals surface area contributed by atoms with Crippen LogP contribution >= 0.6 is 0 Å². The number of hydrogen-bond donors (Lipinski definition) is 0. The van der Waals surface area contributed by atoms with E-state index in [0.29, 0.717) is 5.41 Å². The van der Waals surface area contributed by atoms with Gasteiger partial charge < -0.3 is 0 Å². The summed E-state index contributed by atoms with van der Waals surface area (Å²) in [6.07, 6.45) is 9.10. The quantitative estimate of drug-likeness (QED) is 0.499. The molecule has 1 rings (SSSR count). The molecule has 0 unspecified atom stereocenters. The Morgan fingerprint density at radius 2 is 1.82 bits per heavy atom. The van der Waals surface area contributed by atoms with Gasteiger partial charge in [0.15, 0.2) is 0 Å². The van der Waals surface area contributed by atoms with Gasteiger partial charge in [0.1, 0.15) is 0 Å². The molecule has 0 nitrogen and oxygen atoms in total. The van der Waals surface area contributed by atoms with Crippen molar-refractivity contribution in [1.82, 2.24) is 0 Å². The molecule has 0 aromatic carbocycles. The van der Waals surface area contributed by atoms with Crippen LogP contribution in [0.3, 0.4) is 0 Å². The van der Waals surface area contributed by atoms with Crippen LogP contribution < -0.4 is 0 Å². The first-order chi connectivity index (χ1) is 5.14. The molecule has 0 amide bonds. The highest BCUT2D eigenvalue weighted by atomic mass is 14.3. The van der Waals surface area contributed by atoms with Crippen molar-refractivity contribution in [1.29, 1.82) is 0 Å². The van der Waals surface area contributed by atoms with E-state index in [1.807, 2.05) is 0 Å². The molecule has 1 fully saturated rings. The predicted octanol–water partition coefficient (Wildman–Crippen LogP) is 3.92. The monoisotopic (exact) mass is 152 g/mol. The molecular formula is C11H20. The second-order valence-corrected chi connectivity index (χ2v) is 4.43. The molecule has 0 atom stereocenters. The van der Waals surface area contributed by atoms with Crippen LogP contribution in [0, 0.1) is 5.41 Å². The minimum atomic E-state index is 0.616. The summed E-state index contributed by atoms with van der Waals surface area (Å²) in [6, 6.07) is 0.